The quantitative estimate of drug-likeness (QED) is 0.614. The second-order valence-electron chi connectivity index (χ2n) is 6.66. The van der Waals surface area contributed by atoms with Crippen molar-refractivity contribution < 1.29 is 22.3 Å². The zero-order valence-corrected chi connectivity index (χ0v) is 16.9. The minimum atomic E-state index is -3.60. The molecule has 2 heterocycles. The van der Waals surface area contributed by atoms with Gasteiger partial charge in [-0.25, -0.2) is 17.8 Å². The number of hydrogen-bond donors (Lipinski definition) is 0. The smallest absolute Gasteiger partial charge is 0.243 e. The monoisotopic (exact) mass is 419 g/mol. The molecule has 0 N–H and O–H groups in total. The van der Waals surface area contributed by atoms with Gasteiger partial charge in [-0.15, -0.1) is 0 Å². The summed E-state index contributed by atoms with van der Waals surface area (Å²) in [6, 6.07) is 11.1. The molecule has 29 heavy (non-hydrogen) atoms. The Morgan fingerprint density at radius 1 is 1.17 bits per heavy atom. The first-order chi connectivity index (χ1) is 14.0. The van der Waals surface area contributed by atoms with E-state index in [9.17, 15) is 12.8 Å². The Morgan fingerprint density at radius 2 is 1.93 bits per heavy atom. The molecule has 0 radical (unpaired) electrons. The van der Waals surface area contributed by atoms with E-state index in [-0.39, 0.29) is 17.3 Å². The normalized spacial score (nSPS) is 15.7. The van der Waals surface area contributed by atoms with Gasteiger partial charge in [0.15, 0.2) is 11.6 Å². The third kappa shape index (κ3) is 3.85. The zero-order chi connectivity index (χ0) is 20.4. The minimum Gasteiger partial charge on any atom is -0.483 e. The van der Waals surface area contributed by atoms with E-state index in [0.717, 1.165) is 5.52 Å². The van der Waals surface area contributed by atoms with Crippen LogP contribution in [0.15, 0.2) is 47.4 Å². The molecule has 0 saturated carbocycles. The van der Waals surface area contributed by atoms with Crippen LogP contribution in [0.25, 0.3) is 11.0 Å². The number of fused-ring (bicyclic) bond motifs is 1. The summed E-state index contributed by atoms with van der Waals surface area (Å²) in [4.78, 5) is 4.76. The molecule has 3 aromatic rings. The van der Waals surface area contributed by atoms with Gasteiger partial charge in [-0.3, -0.25) is 0 Å². The molecule has 0 unspecified atom stereocenters. The van der Waals surface area contributed by atoms with E-state index in [4.69, 9.17) is 9.47 Å². The van der Waals surface area contributed by atoms with Gasteiger partial charge in [-0.1, -0.05) is 12.1 Å². The molecular formula is C20H22FN3O4S. The molecule has 2 aromatic carbocycles. The maximum atomic E-state index is 13.8. The Balaban J connectivity index is 1.64. The highest BCUT2D eigenvalue weighted by Gasteiger charge is 2.27. The predicted octanol–water partition coefficient (Wildman–Crippen LogP) is 2.80. The second-order valence-corrected chi connectivity index (χ2v) is 8.60. The van der Waals surface area contributed by atoms with Crippen LogP contribution in [0, 0.1) is 5.82 Å². The molecular weight excluding hydrogens is 397 g/mol. The summed E-state index contributed by atoms with van der Waals surface area (Å²) < 4.78 is 53.8. The molecule has 1 aliphatic rings. The van der Waals surface area contributed by atoms with E-state index in [1.54, 1.807) is 36.4 Å². The van der Waals surface area contributed by atoms with E-state index in [1.165, 1.54) is 10.4 Å². The Hall–Kier alpha value is -2.49. The summed E-state index contributed by atoms with van der Waals surface area (Å²) in [6.45, 7) is 4.13. The molecule has 4 rings (SSSR count). The number of para-hydroxylation sites is 1. The van der Waals surface area contributed by atoms with Gasteiger partial charge in [-0.2, -0.15) is 4.31 Å². The van der Waals surface area contributed by atoms with Gasteiger partial charge in [-0.05, 0) is 37.3 Å². The Morgan fingerprint density at radius 3 is 2.66 bits per heavy atom. The highest BCUT2D eigenvalue weighted by Crippen LogP contribution is 2.25. The minimum absolute atomic E-state index is 0.0784. The number of sulfonamides is 1. The first-order valence-electron chi connectivity index (χ1n) is 9.45. The topological polar surface area (TPSA) is 73.7 Å². The molecule has 0 amide bonds. The molecule has 0 atom stereocenters. The Labute approximate surface area is 168 Å². The average Bonchev–Trinajstić information content (AvgIpc) is 3.10. The summed E-state index contributed by atoms with van der Waals surface area (Å²) in [5.74, 6) is 0.315. The maximum Gasteiger partial charge on any atom is 0.243 e. The largest absolute Gasteiger partial charge is 0.483 e. The van der Waals surface area contributed by atoms with E-state index in [1.807, 2.05) is 11.5 Å². The van der Waals surface area contributed by atoms with Crippen molar-refractivity contribution in [1.29, 1.82) is 0 Å². The fourth-order valence-electron chi connectivity index (χ4n) is 3.42. The lowest BCUT2D eigenvalue weighted by atomic mass is 10.3. The predicted molar refractivity (Wildman–Crippen MR) is 106 cm³/mol. The van der Waals surface area contributed by atoms with Crippen LogP contribution in [-0.2, 0) is 27.9 Å². The molecule has 0 spiro atoms. The van der Waals surface area contributed by atoms with Crippen LogP contribution < -0.4 is 4.74 Å². The van der Waals surface area contributed by atoms with Crippen molar-refractivity contribution in [3.8, 4) is 5.75 Å². The van der Waals surface area contributed by atoms with Crippen molar-refractivity contribution in [2.75, 3.05) is 26.3 Å². The van der Waals surface area contributed by atoms with Gasteiger partial charge in [0.25, 0.3) is 0 Å². The van der Waals surface area contributed by atoms with Gasteiger partial charge < -0.3 is 14.0 Å². The first kappa shape index (κ1) is 19.8. The Kier molecular flexibility index (Phi) is 5.53. The van der Waals surface area contributed by atoms with Crippen molar-refractivity contribution in [3.63, 3.8) is 0 Å². The number of imidazole rings is 1. The molecule has 1 aliphatic heterocycles. The number of rotatable bonds is 6. The average molecular weight is 419 g/mol. The van der Waals surface area contributed by atoms with E-state index >= 15 is 0 Å². The molecule has 1 fully saturated rings. The van der Waals surface area contributed by atoms with Crippen molar-refractivity contribution >= 4 is 21.1 Å². The number of hydrogen-bond acceptors (Lipinski definition) is 5. The maximum absolute atomic E-state index is 13.8. The molecule has 9 heteroatoms. The summed E-state index contributed by atoms with van der Waals surface area (Å²) in [5, 5.41) is 0. The van der Waals surface area contributed by atoms with Gasteiger partial charge in [0, 0.05) is 19.6 Å². The number of morpholine rings is 1. The van der Waals surface area contributed by atoms with Gasteiger partial charge >= 0.3 is 0 Å². The zero-order valence-electron chi connectivity index (χ0n) is 16.0. The van der Waals surface area contributed by atoms with Gasteiger partial charge in [0.1, 0.15) is 12.4 Å². The molecule has 154 valence electrons. The fraction of sp³-hybridized carbons (Fsp3) is 0.350. The second kappa shape index (κ2) is 8.10. The molecule has 0 aliphatic carbocycles. The number of benzene rings is 2. The van der Waals surface area contributed by atoms with Crippen LogP contribution in [0.2, 0.25) is 0 Å². The van der Waals surface area contributed by atoms with E-state index in [0.29, 0.717) is 44.2 Å². The summed E-state index contributed by atoms with van der Waals surface area (Å²) >= 11 is 0. The summed E-state index contributed by atoms with van der Waals surface area (Å²) in [7, 11) is -3.60. The number of aromatic nitrogens is 2. The van der Waals surface area contributed by atoms with Crippen LogP contribution >= 0.6 is 0 Å². The van der Waals surface area contributed by atoms with Gasteiger partial charge in [0.2, 0.25) is 10.0 Å². The van der Waals surface area contributed by atoms with Crippen LogP contribution in [0.4, 0.5) is 4.39 Å². The number of aryl methyl sites for hydroxylation is 1. The third-order valence-electron chi connectivity index (χ3n) is 4.92. The Bertz CT molecular complexity index is 1120. The van der Waals surface area contributed by atoms with Crippen molar-refractivity contribution in [3.05, 3.63) is 54.1 Å². The SMILES string of the molecule is CCn1c(COc2ccccc2F)nc2cc(S(=O)(=O)N3CCOCC3)ccc21. The third-order valence-corrected chi connectivity index (χ3v) is 6.81. The highest BCUT2D eigenvalue weighted by atomic mass is 32.2. The molecule has 1 aromatic heterocycles. The van der Waals surface area contributed by atoms with Crippen LogP contribution in [0.3, 0.4) is 0 Å². The van der Waals surface area contributed by atoms with Gasteiger partial charge in [0.05, 0.1) is 29.1 Å². The summed E-state index contributed by atoms with van der Waals surface area (Å²) in [6.07, 6.45) is 0. The number of nitrogens with zero attached hydrogens (tertiary/aromatic N) is 3. The lowest BCUT2D eigenvalue weighted by Crippen LogP contribution is -2.40. The lowest BCUT2D eigenvalue weighted by Gasteiger charge is -2.26. The molecule has 0 bridgehead atoms. The standard InChI is InChI=1S/C20H22FN3O4S/c1-2-24-18-8-7-15(29(25,26)23-9-11-27-12-10-23)13-17(18)22-20(24)14-28-19-6-4-3-5-16(19)21/h3-8,13H,2,9-12,14H2,1H3. The molecule has 7 nitrogen and oxygen atoms in total. The van der Waals surface area contributed by atoms with Crippen LogP contribution in [0.5, 0.6) is 5.75 Å². The first-order valence-corrected chi connectivity index (χ1v) is 10.9. The highest BCUT2D eigenvalue weighted by molar-refractivity contribution is 7.89. The summed E-state index contributed by atoms with van der Waals surface area (Å²) in [5.41, 5.74) is 1.37. The lowest BCUT2D eigenvalue weighted by molar-refractivity contribution is 0.0730. The van der Waals surface area contributed by atoms with Crippen molar-refractivity contribution in [2.45, 2.75) is 25.0 Å². The molecule has 1 saturated heterocycles. The van der Waals surface area contributed by atoms with Crippen LogP contribution in [-0.4, -0.2) is 48.6 Å². The fourth-order valence-corrected chi connectivity index (χ4v) is 4.85. The number of halogens is 1. The van der Waals surface area contributed by atoms with E-state index in [2.05, 4.69) is 4.98 Å². The van der Waals surface area contributed by atoms with Crippen LogP contribution in [0.1, 0.15) is 12.7 Å². The van der Waals surface area contributed by atoms with Crippen molar-refractivity contribution in [2.24, 2.45) is 0 Å². The van der Waals surface area contributed by atoms with Crippen molar-refractivity contribution in [1.82, 2.24) is 13.9 Å². The van der Waals surface area contributed by atoms with E-state index < -0.39 is 15.8 Å². The number of ether oxygens (including phenoxy) is 2.